The van der Waals surface area contributed by atoms with Crippen LogP contribution in [0.3, 0.4) is 0 Å². The van der Waals surface area contributed by atoms with Crippen LogP contribution in [-0.4, -0.2) is 33.4 Å². The van der Waals surface area contributed by atoms with Gasteiger partial charge in [-0.3, -0.25) is 34.2 Å². The SMILES string of the molecule is Cc1cc([C@H]2C3=CC[C@@H]4C(=O)N(c5ccc([N+](=O)[O-])cc5)C(=O)[C@@H]4[C@@H]3C[C@H]3C(=O)C(c4ccccc4)=CC(=O)[C@@]23c2ccccc2)cc(C)c1O. The number of non-ortho nitro benzene ring substituents is 1. The third-order valence-electron chi connectivity index (χ3n) is 11.5. The summed E-state index contributed by atoms with van der Waals surface area (Å²) in [7, 11) is 0. The fraction of sp³-hybridized carbons (Fsp3) is 0.238. The number of hydrogen-bond donors (Lipinski definition) is 1. The fourth-order valence-electron chi connectivity index (χ4n) is 9.38. The van der Waals surface area contributed by atoms with Crippen molar-refractivity contribution in [2.24, 2.45) is 23.7 Å². The van der Waals surface area contributed by atoms with Crippen molar-refractivity contribution in [2.75, 3.05) is 4.90 Å². The predicted molar refractivity (Wildman–Crippen MR) is 190 cm³/mol. The molecule has 8 rings (SSSR count). The van der Waals surface area contributed by atoms with Crippen molar-refractivity contribution in [2.45, 2.75) is 38.0 Å². The first-order valence-corrected chi connectivity index (χ1v) is 17.1. The smallest absolute Gasteiger partial charge is 0.269 e. The molecule has 1 saturated carbocycles. The minimum absolute atomic E-state index is 0.140. The maximum Gasteiger partial charge on any atom is 0.269 e. The number of aryl methyl sites for hydroxylation is 2. The van der Waals surface area contributed by atoms with Crippen LogP contribution in [0.5, 0.6) is 5.75 Å². The van der Waals surface area contributed by atoms with Gasteiger partial charge in [0, 0.05) is 29.5 Å². The number of nitro benzene ring substituents is 1. The summed E-state index contributed by atoms with van der Waals surface area (Å²) in [5, 5.41) is 22.2. The van der Waals surface area contributed by atoms with E-state index in [-0.39, 0.29) is 41.5 Å². The molecule has 4 aromatic carbocycles. The number of allylic oxidation sites excluding steroid dienone is 4. The van der Waals surface area contributed by atoms with Crippen LogP contribution in [0, 0.1) is 47.6 Å². The van der Waals surface area contributed by atoms with Crippen molar-refractivity contribution in [1.29, 1.82) is 0 Å². The molecule has 3 aliphatic carbocycles. The maximum atomic E-state index is 15.1. The van der Waals surface area contributed by atoms with Crippen molar-refractivity contribution >= 4 is 40.3 Å². The summed E-state index contributed by atoms with van der Waals surface area (Å²) < 4.78 is 0. The number of carbonyl (C=O) groups excluding carboxylic acids is 4. The first-order valence-electron chi connectivity index (χ1n) is 17.1. The summed E-state index contributed by atoms with van der Waals surface area (Å²) in [5.74, 6) is -4.73. The van der Waals surface area contributed by atoms with Gasteiger partial charge in [-0.1, -0.05) is 84.4 Å². The first kappa shape index (κ1) is 32.3. The van der Waals surface area contributed by atoms with E-state index in [0.717, 1.165) is 16.0 Å². The van der Waals surface area contributed by atoms with Crippen LogP contribution in [0.4, 0.5) is 11.4 Å². The van der Waals surface area contributed by atoms with E-state index in [4.69, 9.17) is 0 Å². The summed E-state index contributed by atoms with van der Waals surface area (Å²) >= 11 is 0. The number of Topliss-reactive ketones (excluding diaryl/α,β-unsaturated/α-hetero) is 1. The van der Waals surface area contributed by atoms with E-state index in [1.54, 1.807) is 13.8 Å². The van der Waals surface area contributed by atoms with Gasteiger partial charge in [0.15, 0.2) is 11.6 Å². The Labute approximate surface area is 294 Å². The summed E-state index contributed by atoms with van der Waals surface area (Å²) in [6.45, 7) is 3.60. The van der Waals surface area contributed by atoms with E-state index in [0.29, 0.717) is 27.8 Å². The van der Waals surface area contributed by atoms with E-state index < -0.39 is 51.7 Å². The lowest BCUT2D eigenvalue weighted by Crippen LogP contribution is -2.58. The number of nitro groups is 1. The molecule has 1 heterocycles. The van der Waals surface area contributed by atoms with Gasteiger partial charge in [0.05, 0.1) is 27.9 Å². The monoisotopic (exact) mass is 678 g/mol. The number of fused-ring (bicyclic) bond motifs is 4. The summed E-state index contributed by atoms with van der Waals surface area (Å²) in [6.07, 6.45) is 3.89. The molecule has 1 N–H and O–H groups in total. The standard InChI is InChI=1S/C42H34N2O7/c1-23-19-26(20-24(2)38(23)46)37-30-17-18-31-36(41(49)43(40(31)48)28-13-15-29(16-14-28)44(50)51)33(30)21-34-39(47)32(25-9-5-3-6-10-25)22-35(45)42(34,37)27-11-7-4-8-12-27/h3-17,19-20,22,31,33-34,36-37,46H,18,21H2,1-2H3/t31-,33+,34-,36-,37-,42-/m0/s1. The molecule has 0 aromatic heterocycles. The van der Waals surface area contributed by atoms with Crippen molar-refractivity contribution in [3.8, 4) is 5.75 Å². The Morgan fingerprint density at radius 3 is 2.08 bits per heavy atom. The van der Waals surface area contributed by atoms with Gasteiger partial charge in [-0.2, -0.15) is 0 Å². The number of benzene rings is 4. The Balaban J connectivity index is 1.35. The number of phenols is 1. The molecular weight excluding hydrogens is 644 g/mol. The van der Waals surface area contributed by atoms with Gasteiger partial charge in [-0.05, 0) is 78.6 Å². The number of ketones is 2. The van der Waals surface area contributed by atoms with Gasteiger partial charge >= 0.3 is 0 Å². The molecule has 2 fully saturated rings. The minimum atomic E-state index is -1.37. The lowest BCUT2D eigenvalue weighted by molar-refractivity contribution is -0.384. The highest BCUT2D eigenvalue weighted by Crippen LogP contribution is 2.64. The maximum absolute atomic E-state index is 15.1. The third kappa shape index (κ3) is 4.67. The molecule has 4 aromatic rings. The zero-order valence-electron chi connectivity index (χ0n) is 28.0. The molecule has 0 radical (unpaired) electrons. The number of rotatable bonds is 5. The fourth-order valence-corrected chi connectivity index (χ4v) is 9.38. The number of nitrogens with zero attached hydrogens (tertiary/aromatic N) is 2. The zero-order valence-corrected chi connectivity index (χ0v) is 28.0. The number of anilines is 1. The number of phenolic OH excluding ortho intramolecular Hbond substituents is 1. The van der Waals surface area contributed by atoms with Gasteiger partial charge < -0.3 is 5.11 Å². The summed E-state index contributed by atoms with van der Waals surface area (Å²) in [4.78, 5) is 70.6. The van der Waals surface area contributed by atoms with E-state index in [9.17, 15) is 24.8 Å². The molecule has 0 bridgehead atoms. The highest BCUT2D eigenvalue weighted by Gasteiger charge is 2.66. The number of carbonyl (C=O) groups is 4. The summed E-state index contributed by atoms with van der Waals surface area (Å²) in [6, 6.07) is 27.5. The minimum Gasteiger partial charge on any atom is -0.507 e. The Morgan fingerprint density at radius 2 is 1.45 bits per heavy atom. The number of hydrogen-bond acceptors (Lipinski definition) is 7. The average Bonchev–Trinajstić information content (AvgIpc) is 3.40. The average molecular weight is 679 g/mol. The quantitative estimate of drug-likeness (QED) is 0.105. The highest BCUT2D eigenvalue weighted by atomic mass is 16.6. The molecule has 9 heteroatoms. The Kier molecular flexibility index (Phi) is 7.48. The second-order valence-electron chi connectivity index (χ2n) is 14.1. The van der Waals surface area contributed by atoms with Crippen molar-refractivity contribution in [3.05, 3.63) is 153 Å². The molecule has 2 amide bonds. The van der Waals surface area contributed by atoms with Crippen LogP contribution in [0.15, 0.2) is 115 Å². The lowest BCUT2D eigenvalue weighted by atomic mass is 9.44. The Hall–Kier alpha value is -5.96. The van der Waals surface area contributed by atoms with Gasteiger partial charge in [0.2, 0.25) is 11.8 Å². The van der Waals surface area contributed by atoms with Crippen LogP contribution < -0.4 is 4.90 Å². The van der Waals surface area contributed by atoms with Crippen LogP contribution in [0.1, 0.15) is 46.6 Å². The molecule has 254 valence electrons. The van der Waals surface area contributed by atoms with Gasteiger partial charge in [0.25, 0.3) is 5.69 Å². The van der Waals surface area contributed by atoms with Crippen LogP contribution in [-0.2, 0) is 24.6 Å². The highest BCUT2D eigenvalue weighted by molar-refractivity contribution is 6.32. The molecule has 1 aliphatic heterocycles. The lowest BCUT2D eigenvalue weighted by Gasteiger charge is -2.55. The molecule has 4 aliphatic rings. The van der Waals surface area contributed by atoms with Gasteiger partial charge in [0.1, 0.15) is 5.75 Å². The molecular formula is C42H34N2O7. The molecule has 51 heavy (non-hydrogen) atoms. The zero-order chi connectivity index (χ0) is 35.8. The second-order valence-corrected chi connectivity index (χ2v) is 14.1. The van der Waals surface area contributed by atoms with E-state index in [1.807, 2.05) is 78.9 Å². The Morgan fingerprint density at radius 1 is 0.824 bits per heavy atom. The predicted octanol–water partition coefficient (Wildman–Crippen LogP) is 6.95. The third-order valence-corrected chi connectivity index (χ3v) is 11.5. The molecule has 6 atom stereocenters. The van der Waals surface area contributed by atoms with E-state index in [1.165, 1.54) is 30.3 Å². The van der Waals surface area contributed by atoms with Crippen molar-refractivity contribution in [1.82, 2.24) is 0 Å². The molecule has 1 saturated heterocycles. The van der Waals surface area contributed by atoms with Crippen molar-refractivity contribution in [3.63, 3.8) is 0 Å². The van der Waals surface area contributed by atoms with Crippen molar-refractivity contribution < 1.29 is 29.2 Å². The molecule has 9 nitrogen and oxygen atoms in total. The topological polar surface area (TPSA) is 135 Å². The van der Waals surface area contributed by atoms with Crippen LogP contribution >= 0.6 is 0 Å². The Bertz CT molecular complexity index is 2200. The molecule has 0 spiro atoms. The first-order chi connectivity index (χ1) is 24.5. The normalized spacial score (nSPS) is 26.9. The number of amides is 2. The summed E-state index contributed by atoms with van der Waals surface area (Å²) in [5.41, 5.74) is 3.16. The van der Waals surface area contributed by atoms with E-state index >= 15 is 9.59 Å². The number of aromatic hydroxyl groups is 1. The largest absolute Gasteiger partial charge is 0.507 e. The second kappa shape index (κ2) is 11.8. The van der Waals surface area contributed by atoms with E-state index in [2.05, 4.69) is 0 Å². The van der Waals surface area contributed by atoms with Crippen LogP contribution in [0.25, 0.3) is 5.57 Å². The van der Waals surface area contributed by atoms with Crippen LogP contribution in [0.2, 0.25) is 0 Å². The molecule has 0 unspecified atom stereocenters. The number of imide groups is 1. The van der Waals surface area contributed by atoms with Gasteiger partial charge in [-0.25, -0.2) is 0 Å². The van der Waals surface area contributed by atoms with Gasteiger partial charge in [-0.15, -0.1) is 0 Å².